The maximum Gasteiger partial charge on any atom is 0.339 e. The zero-order chi connectivity index (χ0) is 15.5. The molecule has 110 valence electrons. The fraction of sp³-hybridized carbons (Fsp3) is 0.0833. The van der Waals surface area contributed by atoms with Crippen LogP contribution in [-0.4, -0.2) is 31.5 Å². The fourth-order valence-corrected chi connectivity index (χ4v) is 2.69. The van der Waals surface area contributed by atoms with Gasteiger partial charge in [-0.05, 0) is 24.3 Å². The highest BCUT2D eigenvalue weighted by atomic mass is 32.2. The first-order valence-electron chi connectivity index (χ1n) is 5.62. The second-order valence-corrected chi connectivity index (χ2v) is 5.46. The number of hydrogen-bond donors (Lipinski definition) is 1. The minimum atomic E-state index is -4.24. The van der Waals surface area contributed by atoms with Crippen LogP contribution in [0.3, 0.4) is 0 Å². The molecule has 0 unspecified atom stereocenters. The number of carbonyl (C=O) groups is 1. The van der Waals surface area contributed by atoms with Crippen molar-refractivity contribution in [1.82, 2.24) is 9.97 Å². The van der Waals surface area contributed by atoms with Crippen molar-refractivity contribution in [1.29, 1.82) is 0 Å². The third-order valence-corrected chi connectivity index (χ3v) is 3.80. The quantitative estimate of drug-likeness (QED) is 0.852. The Morgan fingerprint density at radius 2 is 1.95 bits per heavy atom. The van der Waals surface area contributed by atoms with Crippen LogP contribution in [0.25, 0.3) is 0 Å². The fourth-order valence-electron chi connectivity index (χ4n) is 1.52. The van der Waals surface area contributed by atoms with Gasteiger partial charge in [0.05, 0.1) is 12.7 Å². The van der Waals surface area contributed by atoms with Crippen molar-refractivity contribution in [2.24, 2.45) is 0 Å². The summed E-state index contributed by atoms with van der Waals surface area (Å²) in [6, 6.07) is 4.21. The number of nitrogens with one attached hydrogen (secondary N) is 1. The van der Waals surface area contributed by atoms with Crippen molar-refractivity contribution in [3.05, 3.63) is 48.0 Å². The molecule has 0 aliphatic rings. The minimum Gasteiger partial charge on any atom is -0.465 e. The molecule has 0 fully saturated rings. The van der Waals surface area contributed by atoms with E-state index < -0.39 is 26.7 Å². The number of halogens is 1. The number of benzene rings is 1. The monoisotopic (exact) mass is 311 g/mol. The summed E-state index contributed by atoms with van der Waals surface area (Å²) < 4.78 is 44.3. The summed E-state index contributed by atoms with van der Waals surface area (Å²) in [7, 11) is -3.14. The van der Waals surface area contributed by atoms with Crippen molar-refractivity contribution in [3.8, 4) is 0 Å². The van der Waals surface area contributed by atoms with E-state index in [1.165, 1.54) is 18.5 Å². The van der Waals surface area contributed by atoms with Gasteiger partial charge in [0.1, 0.15) is 10.7 Å². The van der Waals surface area contributed by atoms with Crippen molar-refractivity contribution in [2.75, 3.05) is 11.8 Å². The SMILES string of the molecule is COC(=O)c1ccc(F)cc1S(=O)(=O)Nc1ncccn1. The highest BCUT2D eigenvalue weighted by molar-refractivity contribution is 7.92. The van der Waals surface area contributed by atoms with E-state index in [1.54, 1.807) is 0 Å². The highest BCUT2D eigenvalue weighted by Gasteiger charge is 2.24. The van der Waals surface area contributed by atoms with Gasteiger partial charge in [-0.2, -0.15) is 0 Å². The van der Waals surface area contributed by atoms with Crippen LogP contribution in [0, 0.1) is 5.82 Å². The molecule has 0 aliphatic heterocycles. The number of anilines is 1. The Labute approximate surface area is 119 Å². The molecule has 2 rings (SSSR count). The Bertz CT molecular complexity index is 765. The number of nitrogens with zero attached hydrogens (tertiary/aromatic N) is 2. The van der Waals surface area contributed by atoms with Gasteiger partial charge in [-0.1, -0.05) is 0 Å². The number of ether oxygens (including phenoxy) is 1. The maximum absolute atomic E-state index is 13.3. The summed E-state index contributed by atoms with van der Waals surface area (Å²) in [5.41, 5.74) is -0.290. The van der Waals surface area contributed by atoms with Crippen LogP contribution < -0.4 is 4.72 Å². The Balaban J connectivity index is 2.49. The number of rotatable bonds is 4. The molecular formula is C12H10FN3O4S. The van der Waals surface area contributed by atoms with Gasteiger partial charge in [-0.25, -0.2) is 32.3 Å². The molecule has 9 heteroatoms. The molecule has 1 heterocycles. The lowest BCUT2D eigenvalue weighted by Crippen LogP contribution is -2.19. The lowest BCUT2D eigenvalue weighted by atomic mass is 10.2. The molecule has 0 atom stereocenters. The van der Waals surface area contributed by atoms with Gasteiger partial charge < -0.3 is 4.74 Å². The van der Waals surface area contributed by atoms with Gasteiger partial charge in [-0.15, -0.1) is 0 Å². The second-order valence-electron chi connectivity index (χ2n) is 3.81. The van der Waals surface area contributed by atoms with Crippen LogP contribution in [-0.2, 0) is 14.8 Å². The number of sulfonamides is 1. The smallest absolute Gasteiger partial charge is 0.339 e. The topological polar surface area (TPSA) is 98.2 Å². The molecule has 0 saturated carbocycles. The van der Waals surface area contributed by atoms with E-state index in [0.29, 0.717) is 0 Å². The van der Waals surface area contributed by atoms with Gasteiger partial charge >= 0.3 is 5.97 Å². The third-order valence-electron chi connectivity index (χ3n) is 2.43. The molecule has 2 aromatic rings. The van der Waals surface area contributed by atoms with Crippen LogP contribution in [0.5, 0.6) is 0 Å². The van der Waals surface area contributed by atoms with E-state index >= 15 is 0 Å². The number of methoxy groups -OCH3 is 1. The van der Waals surface area contributed by atoms with Crippen LogP contribution in [0.2, 0.25) is 0 Å². The molecule has 0 spiro atoms. The van der Waals surface area contributed by atoms with E-state index in [0.717, 1.165) is 25.3 Å². The molecular weight excluding hydrogens is 301 g/mol. The largest absolute Gasteiger partial charge is 0.465 e. The summed E-state index contributed by atoms with van der Waals surface area (Å²) in [6.07, 6.45) is 2.66. The zero-order valence-electron chi connectivity index (χ0n) is 10.8. The summed E-state index contributed by atoms with van der Waals surface area (Å²) in [5, 5.41) is 0. The molecule has 1 aromatic heterocycles. The van der Waals surface area contributed by atoms with Crippen LogP contribution in [0.1, 0.15) is 10.4 Å². The summed E-state index contributed by atoms with van der Waals surface area (Å²) in [4.78, 5) is 18.4. The second kappa shape index (κ2) is 5.83. The molecule has 1 aromatic carbocycles. The van der Waals surface area contributed by atoms with Crippen molar-refractivity contribution < 1.29 is 22.3 Å². The normalized spacial score (nSPS) is 11.0. The Morgan fingerprint density at radius 3 is 2.57 bits per heavy atom. The first-order valence-corrected chi connectivity index (χ1v) is 7.10. The summed E-state index contributed by atoms with van der Waals surface area (Å²) in [6.45, 7) is 0. The van der Waals surface area contributed by atoms with Gasteiger partial charge in [0.2, 0.25) is 5.95 Å². The van der Waals surface area contributed by atoms with E-state index in [1.807, 2.05) is 0 Å². The number of aromatic nitrogens is 2. The summed E-state index contributed by atoms with van der Waals surface area (Å²) in [5.74, 6) is -1.90. The first-order chi connectivity index (χ1) is 9.94. The first kappa shape index (κ1) is 14.9. The minimum absolute atomic E-state index is 0.197. The average Bonchev–Trinajstić information content (AvgIpc) is 2.47. The van der Waals surface area contributed by atoms with Gasteiger partial charge in [0.15, 0.2) is 0 Å². The van der Waals surface area contributed by atoms with Crippen LogP contribution in [0.15, 0.2) is 41.6 Å². The Morgan fingerprint density at radius 1 is 1.29 bits per heavy atom. The molecule has 1 N–H and O–H groups in total. The zero-order valence-corrected chi connectivity index (χ0v) is 11.6. The number of esters is 1. The lowest BCUT2D eigenvalue weighted by Gasteiger charge is -2.10. The van der Waals surface area contributed by atoms with Gasteiger partial charge in [-0.3, -0.25) is 0 Å². The van der Waals surface area contributed by atoms with Crippen molar-refractivity contribution in [2.45, 2.75) is 4.90 Å². The van der Waals surface area contributed by atoms with E-state index in [-0.39, 0.29) is 11.5 Å². The van der Waals surface area contributed by atoms with E-state index in [4.69, 9.17) is 0 Å². The number of hydrogen-bond acceptors (Lipinski definition) is 6. The van der Waals surface area contributed by atoms with Crippen LogP contribution in [0.4, 0.5) is 10.3 Å². The molecule has 0 radical (unpaired) electrons. The molecule has 7 nitrogen and oxygen atoms in total. The molecule has 21 heavy (non-hydrogen) atoms. The van der Waals surface area contributed by atoms with Crippen molar-refractivity contribution >= 4 is 21.9 Å². The maximum atomic E-state index is 13.3. The predicted molar refractivity (Wildman–Crippen MR) is 70.6 cm³/mol. The van der Waals surface area contributed by atoms with Crippen molar-refractivity contribution in [3.63, 3.8) is 0 Å². The highest BCUT2D eigenvalue weighted by Crippen LogP contribution is 2.20. The third kappa shape index (κ3) is 3.31. The predicted octanol–water partition coefficient (Wildman–Crippen LogP) is 1.20. The number of carbonyl (C=O) groups excluding carboxylic acids is 1. The van der Waals surface area contributed by atoms with Gasteiger partial charge in [0.25, 0.3) is 10.0 Å². The van der Waals surface area contributed by atoms with Crippen LogP contribution >= 0.6 is 0 Å². The molecule has 0 aliphatic carbocycles. The molecule has 0 saturated heterocycles. The molecule has 0 bridgehead atoms. The molecule has 0 amide bonds. The summed E-state index contributed by atoms with van der Waals surface area (Å²) >= 11 is 0. The Hall–Kier alpha value is -2.55. The van der Waals surface area contributed by atoms with E-state index in [9.17, 15) is 17.6 Å². The standard InChI is InChI=1S/C12H10FN3O4S/c1-20-11(17)9-4-3-8(13)7-10(9)21(18,19)16-12-14-5-2-6-15-12/h2-7H,1H3,(H,14,15,16). The van der Waals surface area contributed by atoms with E-state index in [2.05, 4.69) is 19.4 Å². The lowest BCUT2D eigenvalue weighted by molar-refractivity contribution is 0.0596. The average molecular weight is 311 g/mol. The Kier molecular flexibility index (Phi) is 4.13. The van der Waals surface area contributed by atoms with Gasteiger partial charge in [0, 0.05) is 12.4 Å².